The molecular formula is C53H55N5S. The van der Waals surface area contributed by atoms with Crippen LogP contribution in [0.1, 0.15) is 51.5 Å². The molecular weight excluding hydrogens is 739 g/mol. The molecule has 0 aliphatic carbocycles. The smallest absolute Gasteiger partial charge is 0.129 e. The third-order valence-corrected chi connectivity index (χ3v) is 10.8. The first kappa shape index (κ1) is 43.5. The van der Waals surface area contributed by atoms with Crippen LogP contribution in [0.15, 0.2) is 180 Å². The van der Waals surface area contributed by atoms with E-state index in [4.69, 9.17) is 10.4 Å². The van der Waals surface area contributed by atoms with Crippen molar-refractivity contribution >= 4 is 85.2 Å². The molecule has 0 aliphatic rings. The number of likely N-dealkylation sites (N-methyl/N-ethyl adjacent to an activating group) is 1. The number of nitrogens with one attached hydrogen (secondary N) is 1. The number of hydrogen-bond acceptors (Lipinski definition) is 3. The monoisotopic (exact) mass is 793 g/mol. The summed E-state index contributed by atoms with van der Waals surface area (Å²) in [7, 11) is 2.06. The summed E-state index contributed by atoms with van der Waals surface area (Å²) < 4.78 is 3.67. The number of aliphatic imine (C=N–C) groups is 2. The molecule has 6 aromatic rings. The van der Waals surface area contributed by atoms with Gasteiger partial charge < -0.3 is 9.47 Å². The SMILES string of the molecule is C=Cc1c(/C=C\C)sc2c(-c3ccc4c(c3)c3ccccc3n4C(/C=C\CN(C)C(/C=C/C=C(\C=C/C)C(=C)C=NC=N)=Nc3ccccc3)=C/CC)cccc12.CC. The summed E-state index contributed by atoms with van der Waals surface area (Å²) in [6, 6.07) is 32.2. The Labute approximate surface area is 354 Å². The second-order valence-corrected chi connectivity index (χ2v) is 14.4. The van der Waals surface area contributed by atoms with Gasteiger partial charge in [-0.2, -0.15) is 0 Å². The summed E-state index contributed by atoms with van der Waals surface area (Å²) in [6.45, 7) is 19.1. The summed E-state index contributed by atoms with van der Waals surface area (Å²) in [4.78, 5) is 12.3. The normalized spacial score (nSPS) is 12.9. The molecule has 0 amide bonds. The lowest BCUT2D eigenvalue weighted by atomic mass is 10.00. The largest absolute Gasteiger partial charge is 0.356 e. The van der Waals surface area contributed by atoms with Gasteiger partial charge in [-0.15, -0.1) is 11.3 Å². The van der Waals surface area contributed by atoms with Gasteiger partial charge in [0, 0.05) is 51.2 Å². The predicted octanol–water partition coefficient (Wildman–Crippen LogP) is 15.1. The Morgan fingerprint density at radius 3 is 2.34 bits per heavy atom. The van der Waals surface area contributed by atoms with Gasteiger partial charge in [-0.3, -0.25) is 5.41 Å². The van der Waals surface area contributed by atoms with Gasteiger partial charge in [0.05, 0.1) is 16.7 Å². The van der Waals surface area contributed by atoms with Gasteiger partial charge in [0.1, 0.15) is 12.2 Å². The maximum atomic E-state index is 7.23. The molecule has 0 saturated heterocycles. The van der Waals surface area contributed by atoms with E-state index < -0.39 is 0 Å². The van der Waals surface area contributed by atoms with Crippen molar-refractivity contribution in [3.05, 3.63) is 180 Å². The van der Waals surface area contributed by atoms with E-state index in [-0.39, 0.29) is 0 Å². The Balaban J connectivity index is 0.00000326. The van der Waals surface area contributed by atoms with Crippen molar-refractivity contribution in [3.63, 3.8) is 0 Å². The van der Waals surface area contributed by atoms with Gasteiger partial charge in [-0.05, 0) is 96.7 Å². The molecule has 6 heteroatoms. The maximum Gasteiger partial charge on any atom is 0.129 e. The maximum absolute atomic E-state index is 7.23. The molecule has 2 aromatic heterocycles. The van der Waals surface area contributed by atoms with Crippen LogP contribution < -0.4 is 0 Å². The van der Waals surface area contributed by atoms with Crippen LogP contribution in [0.4, 0.5) is 5.69 Å². The number of hydrogen-bond donors (Lipinski definition) is 1. The van der Waals surface area contributed by atoms with Crippen molar-refractivity contribution in [2.75, 3.05) is 13.6 Å². The zero-order chi connectivity index (χ0) is 42.1. The number of allylic oxidation sites excluding steroid dienone is 10. The summed E-state index contributed by atoms with van der Waals surface area (Å²) in [6.07, 6.45) is 26.4. The Hall–Kier alpha value is -6.63. The lowest BCUT2D eigenvalue weighted by molar-refractivity contribution is 0.567. The molecule has 0 atom stereocenters. The number of thiophene rings is 1. The Bertz CT molecular complexity index is 2670. The molecule has 0 radical (unpaired) electrons. The van der Waals surface area contributed by atoms with Crippen LogP contribution in [0.25, 0.3) is 60.9 Å². The number of amidine groups is 1. The molecule has 0 fully saturated rings. The molecule has 0 bridgehead atoms. The Kier molecular flexibility index (Phi) is 16.0. The lowest BCUT2D eigenvalue weighted by Gasteiger charge is -2.18. The van der Waals surface area contributed by atoms with Gasteiger partial charge >= 0.3 is 0 Å². The number of para-hydroxylation sites is 2. The molecule has 1 N–H and O–H groups in total. The number of rotatable bonds is 15. The highest BCUT2D eigenvalue weighted by atomic mass is 32.1. The molecule has 0 spiro atoms. The zero-order valence-electron chi connectivity index (χ0n) is 35.2. The van der Waals surface area contributed by atoms with Gasteiger partial charge in [0.15, 0.2) is 0 Å². The van der Waals surface area contributed by atoms with Crippen LogP contribution >= 0.6 is 11.3 Å². The lowest BCUT2D eigenvalue weighted by Crippen LogP contribution is -2.25. The van der Waals surface area contributed by atoms with Gasteiger partial charge in [-0.25, -0.2) is 9.98 Å². The summed E-state index contributed by atoms with van der Waals surface area (Å²) in [5.74, 6) is 0.810. The molecule has 298 valence electrons. The highest BCUT2D eigenvalue weighted by Crippen LogP contribution is 2.41. The average Bonchev–Trinajstić information content (AvgIpc) is 3.80. The predicted molar refractivity (Wildman–Crippen MR) is 265 cm³/mol. The van der Waals surface area contributed by atoms with Crippen molar-refractivity contribution < 1.29 is 0 Å². The van der Waals surface area contributed by atoms with E-state index in [1.54, 1.807) is 6.21 Å². The van der Waals surface area contributed by atoms with Crippen molar-refractivity contribution in [2.45, 2.75) is 41.0 Å². The third-order valence-electron chi connectivity index (χ3n) is 9.56. The standard InChI is InChI=1S/C51H49N5S.C2H6/c1-7-19-38(37(5)35-53-36-52)22-16-30-50(54-40-23-12-11-13-24-40)55(6)33-18-25-41(20-8-2)56-47-29-15-14-26-44(47)46-34-39(31-32-48(46)56)43-27-17-28-45-42(10-4)49(21-9-3)57-51(43)45;1-2/h7,9-32,34-36,52H,4-5,8,33H2,1-3,6H3;1-2H3/b19-7-,21-9-,25-18-,30-16+,38-22+,41-20+,52-36?,53-35?,54-50?;. The third kappa shape index (κ3) is 10.3. The minimum atomic E-state index is 0.634. The molecule has 5 nitrogen and oxygen atoms in total. The summed E-state index contributed by atoms with van der Waals surface area (Å²) >= 11 is 1.83. The van der Waals surface area contributed by atoms with Crippen LogP contribution in [0.5, 0.6) is 0 Å². The van der Waals surface area contributed by atoms with Crippen LogP contribution in [-0.4, -0.2) is 41.4 Å². The minimum Gasteiger partial charge on any atom is -0.356 e. The molecule has 0 aliphatic heterocycles. The first-order valence-electron chi connectivity index (χ1n) is 20.2. The van der Waals surface area contributed by atoms with Crippen molar-refractivity contribution in [1.29, 1.82) is 5.41 Å². The molecule has 0 unspecified atom stereocenters. The number of benzene rings is 4. The second kappa shape index (κ2) is 21.8. The van der Waals surface area contributed by atoms with Crippen LogP contribution in [0.3, 0.4) is 0 Å². The first-order valence-corrected chi connectivity index (χ1v) is 21.0. The number of nitrogens with zero attached hydrogens (tertiary/aromatic N) is 4. The fraction of sp³-hybridized carbons (Fsp3) is 0.151. The van der Waals surface area contributed by atoms with Gasteiger partial charge in [0.25, 0.3) is 0 Å². The van der Waals surface area contributed by atoms with Crippen LogP contribution in [-0.2, 0) is 0 Å². The van der Waals surface area contributed by atoms with E-state index >= 15 is 0 Å². The Morgan fingerprint density at radius 2 is 1.61 bits per heavy atom. The fourth-order valence-corrected chi connectivity index (χ4v) is 8.24. The number of aromatic nitrogens is 1. The summed E-state index contributed by atoms with van der Waals surface area (Å²) in [5.41, 5.74) is 9.59. The highest BCUT2D eigenvalue weighted by molar-refractivity contribution is 7.20. The van der Waals surface area contributed by atoms with Crippen LogP contribution in [0.2, 0.25) is 0 Å². The molecule has 59 heavy (non-hydrogen) atoms. The molecule has 2 heterocycles. The topological polar surface area (TPSA) is 56.7 Å². The first-order chi connectivity index (χ1) is 28.9. The van der Waals surface area contributed by atoms with E-state index in [0.29, 0.717) is 6.54 Å². The van der Waals surface area contributed by atoms with E-state index in [0.717, 1.165) is 41.1 Å². The molecule has 0 saturated carbocycles. The van der Waals surface area contributed by atoms with E-state index in [1.165, 1.54) is 53.5 Å². The van der Waals surface area contributed by atoms with Crippen molar-refractivity contribution in [1.82, 2.24) is 9.47 Å². The van der Waals surface area contributed by atoms with Crippen LogP contribution in [0, 0.1) is 5.41 Å². The highest BCUT2D eigenvalue weighted by Gasteiger charge is 2.16. The fourth-order valence-electron chi connectivity index (χ4n) is 6.93. The molecule has 6 rings (SSSR count). The quantitative estimate of drug-likeness (QED) is 0.0628. The van der Waals surface area contributed by atoms with Crippen molar-refractivity contribution in [2.24, 2.45) is 9.98 Å². The number of fused-ring (bicyclic) bond motifs is 4. The van der Waals surface area contributed by atoms with Crippen molar-refractivity contribution in [3.8, 4) is 11.1 Å². The Morgan fingerprint density at radius 1 is 0.864 bits per heavy atom. The average molecular weight is 794 g/mol. The van der Waals surface area contributed by atoms with E-state index in [2.05, 4.69) is 140 Å². The second-order valence-electron chi connectivity index (χ2n) is 13.4. The molecule has 4 aromatic carbocycles. The van der Waals surface area contributed by atoms with E-state index in [1.807, 2.05) is 98.9 Å². The zero-order valence-corrected chi connectivity index (χ0v) is 36.0. The van der Waals surface area contributed by atoms with Gasteiger partial charge in [-0.1, -0.05) is 143 Å². The van der Waals surface area contributed by atoms with Gasteiger partial charge in [0.2, 0.25) is 0 Å². The minimum absolute atomic E-state index is 0.634. The summed E-state index contributed by atoms with van der Waals surface area (Å²) in [5, 5.41) is 10.9. The van der Waals surface area contributed by atoms with E-state index in [9.17, 15) is 0 Å².